The zero-order valence-electron chi connectivity index (χ0n) is 9.26. The maximum absolute atomic E-state index is 10.9. The second-order valence-corrected chi connectivity index (χ2v) is 3.89. The van der Waals surface area contributed by atoms with Crippen LogP contribution in [0.4, 0.5) is 0 Å². The van der Waals surface area contributed by atoms with E-state index in [1.807, 2.05) is 26.8 Å². The molecule has 1 rings (SSSR count). The summed E-state index contributed by atoms with van der Waals surface area (Å²) in [5, 5.41) is 0.640. The molecule has 0 heterocycles. The molecule has 0 amide bonds. The Morgan fingerprint density at radius 3 is 2.67 bits per heavy atom. The number of aryl methyl sites for hydroxylation is 1. The number of carbonyl (C=O) groups is 1. The minimum absolute atomic E-state index is 0.555. The Balaban J connectivity index is 3.19. The van der Waals surface area contributed by atoms with Gasteiger partial charge in [0.2, 0.25) is 0 Å². The molecule has 0 spiro atoms. The van der Waals surface area contributed by atoms with Crippen molar-refractivity contribution in [3.05, 3.63) is 27.8 Å². The third-order valence-electron chi connectivity index (χ3n) is 2.27. The zero-order chi connectivity index (χ0) is 11.4. The highest BCUT2D eigenvalue weighted by Crippen LogP contribution is 2.30. The third kappa shape index (κ3) is 2.51. The van der Waals surface area contributed by atoms with Crippen LogP contribution in [0.5, 0.6) is 5.75 Å². The van der Waals surface area contributed by atoms with Crippen LogP contribution in [-0.4, -0.2) is 12.9 Å². The van der Waals surface area contributed by atoms with Gasteiger partial charge in [0, 0.05) is 5.02 Å². The van der Waals surface area contributed by atoms with Crippen molar-refractivity contribution in [3.8, 4) is 5.75 Å². The van der Waals surface area contributed by atoms with Crippen molar-refractivity contribution in [1.29, 1.82) is 0 Å². The Labute approximate surface area is 95.2 Å². The zero-order valence-corrected chi connectivity index (χ0v) is 10.0. The minimum Gasteiger partial charge on any atom is -0.493 e. The van der Waals surface area contributed by atoms with Crippen molar-refractivity contribution < 1.29 is 9.53 Å². The van der Waals surface area contributed by atoms with Gasteiger partial charge in [-0.2, -0.15) is 0 Å². The third-order valence-corrected chi connectivity index (χ3v) is 2.85. The van der Waals surface area contributed by atoms with E-state index in [-0.39, 0.29) is 0 Å². The number of benzene rings is 1. The first-order valence-corrected chi connectivity index (χ1v) is 5.37. The predicted molar refractivity (Wildman–Crippen MR) is 62.1 cm³/mol. The first-order valence-electron chi connectivity index (χ1n) is 4.99. The summed E-state index contributed by atoms with van der Waals surface area (Å²) in [6, 6.07) is 1.81. The average molecular weight is 227 g/mol. The van der Waals surface area contributed by atoms with Crippen molar-refractivity contribution in [2.45, 2.75) is 27.2 Å². The summed E-state index contributed by atoms with van der Waals surface area (Å²) in [7, 11) is 0. The van der Waals surface area contributed by atoms with Crippen molar-refractivity contribution >= 4 is 17.9 Å². The molecule has 0 radical (unpaired) electrons. The fraction of sp³-hybridized carbons (Fsp3) is 0.417. The maximum atomic E-state index is 10.9. The first kappa shape index (κ1) is 12.1. The first-order chi connectivity index (χ1) is 7.11. The monoisotopic (exact) mass is 226 g/mol. The summed E-state index contributed by atoms with van der Waals surface area (Å²) < 4.78 is 5.50. The lowest BCUT2D eigenvalue weighted by atomic mass is 10.1. The molecule has 0 aliphatic heterocycles. The number of ether oxygens (including phenoxy) is 1. The summed E-state index contributed by atoms with van der Waals surface area (Å²) in [5.41, 5.74) is 2.28. The Hall–Kier alpha value is -1.02. The summed E-state index contributed by atoms with van der Waals surface area (Å²) in [6.07, 6.45) is 1.71. The van der Waals surface area contributed by atoms with Gasteiger partial charge in [-0.15, -0.1) is 0 Å². The van der Waals surface area contributed by atoms with E-state index in [1.165, 1.54) is 0 Å². The second-order valence-electron chi connectivity index (χ2n) is 3.51. The number of rotatable bonds is 4. The molecule has 0 saturated heterocycles. The van der Waals surface area contributed by atoms with Gasteiger partial charge in [0.25, 0.3) is 0 Å². The number of halogens is 1. The van der Waals surface area contributed by atoms with Gasteiger partial charge in [-0.25, -0.2) is 0 Å². The molecule has 3 heteroatoms. The van der Waals surface area contributed by atoms with Crippen molar-refractivity contribution in [2.75, 3.05) is 6.61 Å². The van der Waals surface area contributed by atoms with Gasteiger partial charge in [-0.1, -0.05) is 18.5 Å². The predicted octanol–water partition coefficient (Wildman–Crippen LogP) is 3.56. The summed E-state index contributed by atoms with van der Waals surface area (Å²) in [6.45, 7) is 6.37. The molecule has 82 valence electrons. The lowest BCUT2D eigenvalue weighted by molar-refractivity contribution is 0.111. The summed E-state index contributed by atoms with van der Waals surface area (Å²) in [4.78, 5) is 10.9. The van der Waals surface area contributed by atoms with Crippen molar-refractivity contribution in [1.82, 2.24) is 0 Å². The van der Waals surface area contributed by atoms with Crippen LogP contribution >= 0.6 is 11.6 Å². The van der Waals surface area contributed by atoms with Crippen molar-refractivity contribution in [2.24, 2.45) is 0 Å². The van der Waals surface area contributed by atoms with Crippen LogP contribution in [0.3, 0.4) is 0 Å². The van der Waals surface area contributed by atoms with E-state index in [0.717, 1.165) is 23.8 Å². The number of carbonyl (C=O) groups excluding carboxylic acids is 1. The Morgan fingerprint density at radius 1 is 1.47 bits per heavy atom. The minimum atomic E-state index is 0.555. The Kier molecular flexibility index (Phi) is 4.15. The standard InChI is InChI=1S/C12H15ClO2/c1-4-5-15-11-6-8(2)12(13)9(3)10(11)7-14/h6-7H,4-5H2,1-3H3. The molecule has 0 atom stereocenters. The highest BCUT2D eigenvalue weighted by atomic mass is 35.5. The number of hydrogen-bond donors (Lipinski definition) is 0. The molecule has 0 aliphatic rings. The maximum Gasteiger partial charge on any atom is 0.154 e. The highest BCUT2D eigenvalue weighted by Gasteiger charge is 2.12. The van der Waals surface area contributed by atoms with Crippen LogP contribution in [0, 0.1) is 13.8 Å². The Bertz CT molecular complexity index is 372. The van der Waals surface area contributed by atoms with Crippen LogP contribution in [0.15, 0.2) is 6.07 Å². The molecule has 15 heavy (non-hydrogen) atoms. The summed E-state index contributed by atoms with van der Waals surface area (Å²) in [5.74, 6) is 0.631. The average Bonchev–Trinajstić information content (AvgIpc) is 2.23. The van der Waals surface area contributed by atoms with E-state index in [4.69, 9.17) is 16.3 Å². The van der Waals surface area contributed by atoms with Crippen LogP contribution < -0.4 is 4.74 Å². The van der Waals surface area contributed by atoms with E-state index >= 15 is 0 Å². The van der Waals surface area contributed by atoms with Gasteiger partial charge in [0.05, 0.1) is 12.2 Å². The fourth-order valence-corrected chi connectivity index (χ4v) is 1.57. The largest absolute Gasteiger partial charge is 0.493 e. The molecule has 0 aliphatic carbocycles. The summed E-state index contributed by atoms with van der Waals surface area (Å²) >= 11 is 6.05. The molecule has 2 nitrogen and oxygen atoms in total. The molecule has 0 fully saturated rings. The molecule has 1 aromatic rings. The highest BCUT2D eigenvalue weighted by molar-refractivity contribution is 6.32. The van der Waals surface area contributed by atoms with Crippen molar-refractivity contribution in [3.63, 3.8) is 0 Å². The van der Waals surface area contributed by atoms with Gasteiger partial charge >= 0.3 is 0 Å². The van der Waals surface area contributed by atoms with E-state index in [0.29, 0.717) is 22.9 Å². The molecular weight excluding hydrogens is 212 g/mol. The lowest BCUT2D eigenvalue weighted by Crippen LogP contribution is -2.01. The molecule has 0 N–H and O–H groups in total. The molecule has 1 aromatic carbocycles. The van der Waals surface area contributed by atoms with Crippen LogP contribution in [-0.2, 0) is 0 Å². The molecular formula is C12H15ClO2. The number of hydrogen-bond acceptors (Lipinski definition) is 2. The van der Waals surface area contributed by atoms with Gasteiger partial charge in [-0.3, -0.25) is 4.79 Å². The van der Waals surface area contributed by atoms with Gasteiger partial charge in [-0.05, 0) is 37.5 Å². The number of aldehydes is 1. The molecule has 0 unspecified atom stereocenters. The van der Waals surface area contributed by atoms with Gasteiger partial charge < -0.3 is 4.74 Å². The SMILES string of the molecule is CCCOc1cc(C)c(Cl)c(C)c1C=O. The Morgan fingerprint density at radius 2 is 2.13 bits per heavy atom. The van der Waals surface area contributed by atoms with Crippen LogP contribution in [0.25, 0.3) is 0 Å². The van der Waals surface area contributed by atoms with E-state index in [2.05, 4.69) is 0 Å². The topological polar surface area (TPSA) is 26.3 Å². The lowest BCUT2D eigenvalue weighted by Gasteiger charge is -2.12. The molecule has 0 saturated carbocycles. The van der Waals surface area contributed by atoms with E-state index in [9.17, 15) is 4.79 Å². The smallest absolute Gasteiger partial charge is 0.154 e. The molecule has 0 bridgehead atoms. The molecule has 0 aromatic heterocycles. The van der Waals surface area contributed by atoms with E-state index in [1.54, 1.807) is 0 Å². The van der Waals surface area contributed by atoms with Gasteiger partial charge in [0.1, 0.15) is 5.75 Å². The van der Waals surface area contributed by atoms with Crippen LogP contribution in [0.1, 0.15) is 34.8 Å². The second kappa shape index (κ2) is 5.17. The quantitative estimate of drug-likeness (QED) is 0.734. The van der Waals surface area contributed by atoms with E-state index < -0.39 is 0 Å². The van der Waals surface area contributed by atoms with Gasteiger partial charge in [0.15, 0.2) is 6.29 Å². The fourth-order valence-electron chi connectivity index (χ4n) is 1.41. The normalized spacial score (nSPS) is 10.1. The van der Waals surface area contributed by atoms with Crippen LogP contribution in [0.2, 0.25) is 5.02 Å².